The molecule has 4 nitrogen and oxygen atoms in total. The predicted octanol–water partition coefficient (Wildman–Crippen LogP) is 18.2. The van der Waals surface area contributed by atoms with E-state index in [1.54, 1.807) is 0 Å². The molecule has 0 saturated heterocycles. The van der Waals surface area contributed by atoms with Gasteiger partial charge in [-0.3, -0.25) is 0 Å². The fraction of sp³-hybridized carbons (Fsp3) is 0. The number of benzene rings is 11. The lowest BCUT2D eigenvalue weighted by Gasteiger charge is -2.27. The van der Waals surface area contributed by atoms with Crippen molar-refractivity contribution in [2.24, 2.45) is 0 Å². The van der Waals surface area contributed by atoms with Gasteiger partial charge >= 0.3 is 0 Å². The molecule has 318 valence electrons. The van der Waals surface area contributed by atoms with Crippen molar-refractivity contribution >= 4 is 93.5 Å². The minimum atomic E-state index is 0.852. The van der Waals surface area contributed by atoms with Crippen LogP contribution in [-0.4, -0.2) is 4.57 Å². The summed E-state index contributed by atoms with van der Waals surface area (Å²) in [6.45, 7) is 0. The maximum absolute atomic E-state index is 6.92. The Labute approximate surface area is 391 Å². The first-order chi connectivity index (χ1) is 33.7. The first-order valence-electron chi connectivity index (χ1n) is 23.2. The van der Waals surface area contributed by atoms with Gasteiger partial charge in [0.1, 0.15) is 22.3 Å². The molecule has 11 aromatic carbocycles. The highest BCUT2D eigenvalue weighted by Gasteiger charge is 2.23. The van der Waals surface area contributed by atoms with Crippen LogP contribution in [0.3, 0.4) is 0 Å². The van der Waals surface area contributed by atoms with Crippen LogP contribution < -0.4 is 4.90 Å². The number of fused-ring (bicyclic) bond motifs is 10. The molecular weight excluding hydrogens is 829 g/mol. The van der Waals surface area contributed by atoms with Crippen LogP contribution in [0.25, 0.3) is 116 Å². The SMILES string of the molecule is c1ccc(-n2c3ccccc3c3ccccc32)c(-c2cc(N(c3ccc(-c4cccc5ccccc45)cc3)c3ccc(-c4cccc5oc6ccccc6c45)cc3)cc3c2oc2ccccc23)c1. The fourth-order valence-corrected chi connectivity index (χ4v) is 10.7. The highest BCUT2D eigenvalue weighted by molar-refractivity contribution is 6.15. The summed E-state index contributed by atoms with van der Waals surface area (Å²) in [4.78, 5) is 2.39. The van der Waals surface area contributed by atoms with Gasteiger partial charge in [-0.1, -0.05) is 170 Å². The quantitative estimate of drug-likeness (QED) is 0.160. The third kappa shape index (κ3) is 5.94. The Kier molecular flexibility index (Phi) is 8.55. The second kappa shape index (κ2) is 15.2. The first-order valence-corrected chi connectivity index (χ1v) is 23.2. The minimum absolute atomic E-state index is 0.852. The first kappa shape index (κ1) is 38.2. The number of furan rings is 2. The zero-order valence-corrected chi connectivity index (χ0v) is 36.8. The zero-order valence-electron chi connectivity index (χ0n) is 36.8. The van der Waals surface area contributed by atoms with Crippen molar-refractivity contribution in [3.05, 3.63) is 243 Å². The predicted molar refractivity (Wildman–Crippen MR) is 284 cm³/mol. The molecule has 0 fully saturated rings. The van der Waals surface area contributed by atoms with Gasteiger partial charge in [-0.2, -0.15) is 0 Å². The third-order valence-corrected chi connectivity index (χ3v) is 13.8. The number of rotatable bonds is 7. The maximum Gasteiger partial charge on any atom is 0.143 e. The number of nitrogens with zero attached hydrogens (tertiary/aromatic N) is 2. The Bertz CT molecular complexity index is 4210. The number of para-hydroxylation sites is 5. The molecule has 0 atom stereocenters. The van der Waals surface area contributed by atoms with Gasteiger partial charge in [0.25, 0.3) is 0 Å². The van der Waals surface area contributed by atoms with E-state index in [-0.39, 0.29) is 0 Å². The molecule has 0 amide bonds. The molecule has 68 heavy (non-hydrogen) atoms. The van der Waals surface area contributed by atoms with Gasteiger partial charge in [-0.25, -0.2) is 0 Å². The largest absolute Gasteiger partial charge is 0.456 e. The monoisotopic (exact) mass is 868 g/mol. The molecule has 14 aromatic rings. The molecular formula is C64H40N2O2. The molecule has 0 aliphatic rings. The van der Waals surface area contributed by atoms with E-state index in [0.717, 1.165) is 99.9 Å². The summed E-state index contributed by atoms with van der Waals surface area (Å²) in [5, 5.41) is 9.27. The van der Waals surface area contributed by atoms with Crippen LogP contribution >= 0.6 is 0 Å². The van der Waals surface area contributed by atoms with Crippen LogP contribution in [0.5, 0.6) is 0 Å². The summed E-state index contributed by atoms with van der Waals surface area (Å²) < 4.78 is 15.7. The highest BCUT2D eigenvalue weighted by atomic mass is 16.3. The average Bonchev–Trinajstić information content (AvgIpc) is 4.09. The van der Waals surface area contributed by atoms with Gasteiger partial charge in [0.2, 0.25) is 0 Å². The topological polar surface area (TPSA) is 34.5 Å². The van der Waals surface area contributed by atoms with Gasteiger partial charge < -0.3 is 18.3 Å². The fourth-order valence-electron chi connectivity index (χ4n) is 10.7. The molecule has 0 bridgehead atoms. The normalized spacial score (nSPS) is 11.8. The molecule has 4 heteroatoms. The molecule has 0 radical (unpaired) electrons. The molecule has 3 heterocycles. The van der Waals surface area contributed by atoms with Crippen molar-refractivity contribution < 1.29 is 8.83 Å². The second-order valence-corrected chi connectivity index (χ2v) is 17.6. The molecule has 0 saturated carbocycles. The Balaban J connectivity index is 0.996. The van der Waals surface area contributed by atoms with Crippen molar-refractivity contribution in [2.45, 2.75) is 0 Å². The Morgan fingerprint density at radius 1 is 0.309 bits per heavy atom. The van der Waals surface area contributed by atoms with E-state index in [4.69, 9.17) is 8.83 Å². The van der Waals surface area contributed by atoms with Crippen molar-refractivity contribution in [1.29, 1.82) is 0 Å². The highest BCUT2D eigenvalue weighted by Crippen LogP contribution is 2.47. The maximum atomic E-state index is 6.92. The molecule has 3 aromatic heterocycles. The minimum Gasteiger partial charge on any atom is -0.456 e. The molecule has 0 aliphatic heterocycles. The van der Waals surface area contributed by atoms with E-state index in [2.05, 4.69) is 240 Å². The summed E-state index contributed by atoms with van der Waals surface area (Å²) in [5.74, 6) is 0. The number of anilines is 3. The van der Waals surface area contributed by atoms with Crippen LogP contribution in [-0.2, 0) is 0 Å². The molecule has 14 rings (SSSR count). The van der Waals surface area contributed by atoms with Crippen molar-refractivity contribution in [1.82, 2.24) is 4.57 Å². The van der Waals surface area contributed by atoms with Gasteiger partial charge in [-0.15, -0.1) is 0 Å². The Hall–Kier alpha value is -9.12. The third-order valence-electron chi connectivity index (χ3n) is 13.8. The van der Waals surface area contributed by atoms with E-state index >= 15 is 0 Å². The molecule has 0 unspecified atom stereocenters. The van der Waals surface area contributed by atoms with Crippen LogP contribution in [0, 0.1) is 0 Å². The van der Waals surface area contributed by atoms with Crippen molar-refractivity contribution in [3.8, 4) is 39.1 Å². The van der Waals surface area contributed by atoms with E-state index < -0.39 is 0 Å². The van der Waals surface area contributed by atoms with Gasteiger partial charge in [-0.05, 0) is 106 Å². The Morgan fingerprint density at radius 2 is 0.824 bits per heavy atom. The number of hydrogen-bond acceptors (Lipinski definition) is 3. The Morgan fingerprint density at radius 3 is 1.56 bits per heavy atom. The van der Waals surface area contributed by atoms with Crippen LogP contribution in [0.2, 0.25) is 0 Å². The van der Waals surface area contributed by atoms with E-state index in [1.807, 2.05) is 12.1 Å². The van der Waals surface area contributed by atoms with E-state index in [1.165, 1.54) is 32.7 Å². The number of aromatic nitrogens is 1. The number of hydrogen-bond donors (Lipinski definition) is 0. The summed E-state index contributed by atoms with van der Waals surface area (Å²) >= 11 is 0. The van der Waals surface area contributed by atoms with Crippen LogP contribution in [0.1, 0.15) is 0 Å². The summed E-state index contributed by atoms with van der Waals surface area (Å²) in [7, 11) is 0. The second-order valence-electron chi connectivity index (χ2n) is 17.6. The van der Waals surface area contributed by atoms with Crippen LogP contribution in [0.4, 0.5) is 17.1 Å². The standard InChI is InChI=1S/C64H40N2O2/c1-2-17-47-41(15-1)16-13-23-48(47)42-31-35-44(36-32-42)65(45-37-33-43(34-38-45)49-24-14-30-62-63(49)54-22-7-12-29-61(54)67-62)46-39-55(64-56(40-46)53-21-6-11-28-60(53)68-64)52-20-5-10-27-59(52)66-57-25-8-3-18-50(57)51-19-4-9-26-58(51)66/h1-40H. The lowest BCUT2D eigenvalue weighted by Crippen LogP contribution is -2.10. The molecule has 0 N–H and O–H groups in total. The van der Waals surface area contributed by atoms with Gasteiger partial charge in [0.05, 0.1) is 16.7 Å². The molecule has 0 spiro atoms. The van der Waals surface area contributed by atoms with E-state index in [9.17, 15) is 0 Å². The lowest BCUT2D eigenvalue weighted by atomic mass is 9.97. The van der Waals surface area contributed by atoms with Gasteiger partial charge in [0.15, 0.2) is 0 Å². The lowest BCUT2D eigenvalue weighted by molar-refractivity contribution is 0.669. The van der Waals surface area contributed by atoms with Crippen molar-refractivity contribution in [2.75, 3.05) is 4.90 Å². The van der Waals surface area contributed by atoms with Crippen molar-refractivity contribution in [3.63, 3.8) is 0 Å². The summed E-state index contributed by atoms with van der Waals surface area (Å²) in [5.41, 5.74) is 16.7. The summed E-state index contributed by atoms with van der Waals surface area (Å²) in [6, 6.07) is 87.0. The molecule has 0 aliphatic carbocycles. The van der Waals surface area contributed by atoms with E-state index in [0.29, 0.717) is 0 Å². The summed E-state index contributed by atoms with van der Waals surface area (Å²) in [6.07, 6.45) is 0. The smallest absolute Gasteiger partial charge is 0.143 e. The van der Waals surface area contributed by atoms with Crippen LogP contribution in [0.15, 0.2) is 251 Å². The average molecular weight is 869 g/mol. The van der Waals surface area contributed by atoms with Gasteiger partial charge in [0, 0.05) is 60.5 Å². The zero-order chi connectivity index (χ0) is 44.7.